The molecule has 144 valence electrons. The van der Waals surface area contributed by atoms with Gasteiger partial charge in [0.2, 0.25) is 0 Å². The zero-order valence-electron chi connectivity index (χ0n) is 14.3. The second-order valence-corrected chi connectivity index (χ2v) is 7.36. The molecule has 2 aromatic heterocycles. The Hall–Kier alpha value is -2.40. The minimum absolute atomic E-state index is 0.172. The first-order valence-electron chi connectivity index (χ1n) is 8.01. The normalized spacial score (nSPS) is 12.4. The molecule has 1 aromatic carbocycles. The predicted octanol–water partition coefficient (Wildman–Crippen LogP) is 3.55. The number of para-hydroxylation sites is 1. The number of fused-ring (bicyclic) bond motifs is 1. The number of anilines is 1. The van der Waals surface area contributed by atoms with Gasteiger partial charge in [0.05, 0.1) is 16.8 Å². The average molecular weight is 414 g/mol. The molecule has 0 bridgehead atoms. The second-order valence-electron chi connectivity index (χ2n) is 5.39. The van der Waals surface area contributed by atoms with Crippen molar-refractivity contribution in [2.75, 3.05) is 25.5 Å². The highest BCUT2D eigenvalue weighted by atomic mass is 32.1. The van der Waals surface area contributed by atoms with Crippen LogP contribution in [0, 0.1) is 0 Å². The largest absolute Gasteiger partial charge is 0.434 e. The zero-order valence-corrected chi connectivity index (χ0v) is 15.9. The van der Waals surface area contributed by atoms with Crippen LogP contribution in [0.5, 0.6) is 0 Å². The monoisotopic (exact) mass is 414 g/mol. The molecule has 0 atom stereocenters. The lowest BCUT2D eigenvalue weighted by Gasteiger charge is -2.11. The Morgan fingerprint density at radius 1 is 1.15 bits per heavy atom. The summed E-state index contributed by atoms with van der Waals surface area (Å²) < 4.78 is 38.8. The first kappa shape index (κ1) is 19.4. The molecule has 0 unspecified atom stereocenters. The van der Waals surface area contributed by atoms with Crippen molar-refractivity contribution < 1.29 is 13.2 Å². The molecule has 0 spiro atoms. The number of hydrogen-bond donors (Lipinski definition) is 3. The summed E-state index contributed by atoms with van der Waals surface area (Å²) in [5, 5.41) is 11.5. The maximum Gasteiger partial charge on any atom is 0.434 e. The van der Waals surface area contributed by atoms with E-state index in [1.807, 2.05) is 24.3 Å². The molecule has 3 rings (SSSR count). The number of benzene rings is 1. The van der Waals surface area contributed by atoms with Crippen molar-refractivity contribution in [1.82, 2.24) is 20.6 Å². The van der Waals surface area contributed by atoms with Gasteiger partial charge in [-0.3, -0.25) is 4.99 Å². The molecule has 3 aromatic rings. The van der Waals surface area contributed by atoms with Crippen molar-refractivity contribution in [3.8, 4) is 0 Å². The lowest BCUT2D eigenvalue weighted by Crippen LogP contribution is -2.39. The van der Waals surface area contributed by atoms with Crippen LogP contribution in [0.4, 0.5) is 18.3 Å². The maximum absolute atomic E-state index is 12.6. The van der Waals surface area contributed by atoms with E-state index in [1.54, 1.807) is 18.4 Å². The molecule has 6 nitrogen and oxygen atoms in total. The van der Waals surface area contributed by atoms with E-state index in [9.17, 15) is 13.2 Å². The van der Waals surface area contributed by atoms with E-state index < -0.39 is 11.9 Å². The summed E-state index contributed by atoms with van der Waals surface area (Å²) in [6, 6.07) is 7.90. The standard InChI is InChI=1S/C16H17F3N6S2/c1-20-14(23-8-13-25-12(9-26-13)16(17,18)19)21-6-7-22-15-24-10-4-2-3-5-11(10)27-15/h2-5,9H,6-8H2,1H3,(H,22,24)(H2,20,21,23). The lowest BCUT2D eigenvalue weighted by atomic mass is 10.3. The number of hydrogen-bond acceptors (Lipinski definition) is 6. The fourth-order valence-corrected chi connectivity index (χ4v) is 3.83. The van der Waals surface area contributed by atoms with Gasteiger partial charge in [-0.2, -0.15) is 13.2 Å². The van der Waals surface area contributed by atoms with Gasteiger partial charge < -0.3 is 16.0 Å². The fraction of sp³-hybridized carbons (Fsp3) is 0.312. The Kier molecular flexibility index (Phi) is 6.11. The molecule has 0 radical (unpaired) electrons. The fourth-order valence-electron chi connectivity index (χ4n) is 2.20. The van der Waals surface area contributed by atoms with Crippen LogP contribution in [-0.4, -0.2) is 36.1 Å². The number of guanidine groups is 1. The average Bonchev–Trinajstić information content (AvgIpc) is 3.27. The van der Waals surface area contributed by atoms with Gasteiger partial charge in [-0.05, 0) is 12.1 Å². The van der Waals surface area contributed by atoms with Gasteiger partial charge in [0.25, 0.3) is 0 Å². The Labute approximate surface area is 161 Å². The van der Waals surface area contributed by atoms with E-state index in [4.69, 9.17) is 0 Å². The Morgan fingerprint density at radius 2 is 1.96 bits per heavy atom. The highest BCUT2D eigenvalue weighted by Gasteiger charge is 2.33. The molecule has 0 saturated heterocycles. The summed E-state index contributed by atoms with van der Waals surface area (Å²) in [5.74, 6) is 0.491. The summed E-state index contributed by atoms with van der Waals surface area (Å²) in [5.41, 5.74) is 0.0874. The second kappa shape index (κ2) is 8.53. The third-order valence-corrected chi connectivity index (χ3v) is 5.30. The Morgan fingerprint density at radius 3 is 2.67 bits per heavy atom. The number of aliphatic imine (C=N–C) groups is 1. The molecular weight excluding hydrogens is 397 g/mol. The van der Waals surface area contributed by atoms with Crippen molar-refractivity contribution in [2.45, 2.75) is 12.7 Å². The first-order chi connectivity index (χ1) is 13.0. The van der Waals surface area contributed by atoms with Gasteiger partial charge in [-0.15, -0.1) is 11.3 Å². The smallest absolute Gasteiger partial charge is 0.360 e. The topological polar surface area (TPSA) is 74.2 Å². The molecule has 27 heavy (non-hydrogen) atoms. The zero-order chi connectivity index (χ0) is 19.3. The van der Waals surface area contributed by atoms with E-state index >= 15 is 0 Å². The van der Waals surface area contributed by atoms with Gasteiger partial charge in [0.1, 0.15) is 5.01 Å². The van der Waals surface area contributed by atoms with E-state index in [2.05, 4.69) is 30.9 Å². The van der Waals surface area contributed by atoms with Gasteiger partial charge >= 0.3 is 6.18 Å². The summed E-state index contributed by atoms with van der Waals surface area (Å²) in [6.45, 7) is 1.36. The molecule has 0 aliphatic carbocycles. The molecule has 3 N–H and O–H groups in total. The molecule has 0 aliphatic rings. The van der Waals surface area contributed by atoms with Gasteiger partial charge in [0, 0.05) is 25.5 Å². The molecule has 0 amide bonds. The van der Waals surface area contributed by atoms with Crippen molar-refractivity contribution >= 4 is 44.0 Å². The number of nitrogens with one attached hydrogen (secondary N) is 3. The SMILES string of the molecule is CN=C(NCCNc1nc2ccccc2s1)NCc1nc(C(F)(F)F)cs1. The minimum atomic E-state index is -4.42. The predicted molar refractivity (Wildman–Crippen MR) is 103 cm³/mol. The van der Waals surface area contributed by atoms with Crippen LogP contribution in [0.15, 0.2) is 34.6 Å². The number of nitrogens with zero attached hydrogens (tertiary/aromatic N) is 3. The van der Waals surface area contributed by atoms with Crippen LogP contribution in [0.3, 0.4) is 0 Å². The molecule has 2 heterocycles. The Bertz CT molecular complexity index is 885. The van der Waals surface area contributed by atoms with E-state index in [-0.39, 0.29) is 6.54 Å². The molecule has 11 heteroatoms. The summed E-state index contributed by atoms with van der Waals surface area (Å²) in [6.07, 6.45) is -4.42. The number of alkyl halides is 3. The number of halogens is 3. The van der Waals surface area contributed by atoms with Crippen molar-refractivity contribution in [1.29, 1.82) is 0 Å². The van der Waals surface area contributed by atoms with Crippen LogP contribution in [-0.2, 0) is 12.7 Å². The first-order valence-corrected chi connectivity index (χ1v) is 9.71. The quantitative estimate of drug-likeness (QED) is 0.327. The van der Waals surface area contributed by atoms with Crippen LogP contribution < -0.4 is 16.0 Å². The lowest BCUT2D eigenvalue weighted by molar-refractivity contribution is -0.140. The summed E-state index contributed by atoms with van der Waals surface area (Å²) in [4.78, 5) is 12.1. The van der Waals surface area contributed by atoms with Crippen LogP contribution >= 0.6 is 22.7 Å². The van der Waals surface area contributed by atoms with Crippen molar-refractivity contribution in [2.24, 2.45) is 4.99 Å². The van der Waals surface area contributed by atoms with Gasteiger partial charge in [0.15, 0.2) is 16.8 Å². The molecular formula is C16H17F3N6S2. The van der Waals surface area contributed by atoms with Crippen molar-refractivity contribution in [3.05, 3.63) is 40.3 Å². The van der Waals surface area contributed by atoms with Crippen LogP contribution in [0.25, 0.3) is 10.2 Å². The molecule has 0 saturated carbocycles. The summed E-state index contributed by atoms with van der Waals surface area (Å²) >= 11 is 2.54. The Balaban J connectivity index is 1.42. The van der Waals surface area contributed by atoms with Gasteiger partial charge in [-0.25, -0.2) is 9.97 Å². The summed E-state index contributed by atoms with van der Waals surface area (Å²) in [7, 11) is 1.60. The van der Waals surface area contributed by atoms with Crippen LogP contribution in [0.1, 0.15) is 10.7 Å². The highest BCUT2D eigenvalue weighted by molar-refractivity contribution is 7.22. The third kappa shape index (κ3) is 5.30. The molecule has 0 aliphatic heterocycles. The maximum atomic E-state index is 12.6. The van der Waals surface area contributed by atoms with E-state index in [1.165, 1.54) is 0 Å². The highest BCUT2D eigenvalue weighted by Crippen LogP contribution is 2.30. The minimum Gasteiger partial charge on any atom is -0.360 e. The number of thiazole rings is 2. The van der Waals surface area contributed by atoms with E-state index in [0.717, 1.165) is 32.1 Å². The molecule has 0 fully saturated rings. The van der Waals surface area contributed by atoms with Gasteiger partial charge in [-0.1, -0.05) is 23.5 Å². The van der Waals surface area contributed by atoms with Crippen LogP contribution in [0.2, 0.25) is 0 Å². The van der Waals surface area contributed by atoms with Crippen molar-refractivity contribution in [3.63, 3.8) is 0 Å². The number of rotatable bonds is 6. The van der Waals surface area contributed by atoms with E-state index in [0.29, 0.717) is 24.1 Å². The number of aromatic nitrogens is 2. The third-order valence-electron chi connectivity index (χ3n) is 3.46.